The third kappa shape index (κ3) is 15.2. The van der Waals surface area contributed by atoms with Crippen LogP contribution < -0.4 is 32.3 Å². The SMILES string of the molecule is CCCC[C@@H](C(=O)N[C@@H](CC(=O)O)C(=O)O)N(C)C(=O)[C@H](Cc1c[nH]c2ccccc12)NC(=O)CNC(=O)[C@H](Cc1ccc(O)cc1)NC(=O)[C@H](C)NC(=O)[C@@H](N)CC(C)C. The molecular weight excluding hydrogens is 793 g/mol. The number of hydrogen-bond acceptors (Lipinski definition) is 10. The Bertz CT molecular complexity index is 2020. The lowest BCUT2D eigenvalue weighted by molar-refractivity contribution is -0.148. The number of H-pyrrole nitrogens is 1. The highest BCUT2D eigenvalue weighted by atomic mass is 16.4. The number of aromatic amines is 1. The van der Waals surface area contributed by atoms with E-state index in [1.54, 1.807) is 24.4 Å². The first-order valence-electron chi connectivity index (χ1n) is 20.1. The smallest absolute Gasteiger partial charge is 0.326 e. The molecule has 0 fully saturated rings. The zero-order valence-corrected chi connectivity index (χ0v) is 35.0. The van der Waals surface area contributed by atoms with Gasteiger partial charge < -0.3 is 57.5 Å². The summed E-state index contributed by atoms with van der Waals surface area (Å²) >= 11 is 0. The first-order chi connectivity index (χ1) is 28.8. The molecule has 0 aliphatic carbocycles. The number of nitrogens with two attached hydrogens (primary N) is 1. The molecule has 0 aliphatic rings. The number of carboxylic acid groups (broad SMARTS) is 2. The van der Waals surface area contributed by atoms with Gasteiger partial charge >= 0.3 is 11.9 Å². The number of para-hydroxylation sites is 1. The van der Waals surface area contributed by atoms with E-state index in [2.05, 4.69) is 31.6 Å². The molecule has 2 aromatic carbocycles. The highest BCUT2D eigenvalue weighted by molar-refractivity contribution is 5.97. The Labute approximate surface area is 353 Å². The van der Waals surface area contributed by atoms with Crippen LogP contribution in [0.2, 0.25) is 0 Å². The molecule has 0 saturated carbocycles. The largest absolute Gasteiger partial charge is 0.508 e. The Kier molecular flexibility index (Phi) is 18.7. The van der Waals surface area contributed by atoms with Crippen LogP contribution in [0, 0.1) is 5.92 Å². The van der Waals surface area contributed by atoms with Crippen LogP contribution in [0.4, 0.5) is 0 Å². The predicted octanol–water partition coefficient (Wildman–Crippen LogP) is 0.684. The molecule has 0 radical (unpaired) electrons. The maximum absolute atomic E-state index is 14.3. The summed E-state index contributed by atoms with van der Waals surface area (Å²) in [5, 5.41) is 41.8. The van der Waals surface area contributed by atoms with Crippen molar-refractivity contribution in [2.24, 2.45) is 11.7 Å². The summed E-state index contributed by atoms with van der Waals surface area (Å²) in [5.74, 6) is -7.39. The van der Waals surface area contributed by atoms with Crippen molar-refractivity contribution in [3.8, 4) is 5.75 Å². The minimum absolute atomic E-state index is 0.0260. The summed E-state index contributed by atoms with van der Waals surface area (Å²) in [5.41, 5.74) is 7.91. The number of carboxylic acids is 2. The summed E-state index contributed by atoms with van der Waals surface area (Å²) in [6.45, 7) is 6.41. The molecule has 19 heteroatoms. The molecule has 332 valence electrons. The van der Waals surface area contributed by atoms with Crippen molar-refractivity contribution in [2.45, 2.75) is 109 Å². The number of fused-ring (bicyclic) bond motifs is 1. The van der Waals surface area contributed by atoms with Crippen molar-refractivity contribution in [3.05, 3.63) is 65.9 Å². The molecule has 0 bridgehead atoms. The second kappa shape index (κ2) is 23.3. The van der Waals surface area contributed by atoms with E-state index in [1.807, 2.05) is 39.0 Å². The number of nitrogens with one attached hydrogen (secondary N) is 6. The molecule has 0 saturated heterocycles. The first-order valence-corrected chi connectivity index (χ1v) is 20.1. The van der Waals surface area contributed by atoms with Gasteiger partial charge in [-0.2, -0.15) is 0 Å². The molecule has 0 spiro atoms. The van der Waals surface area contributed by atoms with Crippen LogP contribution in [0.5, 0.6) is 5.75 Å². The van der Waals surface area contributed by atoms with E-state index in [1.165, 1.54) is 26.1 Å². The number of aromatic hydroxyl groups is 1. The van der Waals surface area contributed by atoms with E-state index in [4.69, 9.17) is 5.73 Å². The number of rotatable bonds is 24. The van der Waals surface area contributed by atoms with Crippen LogP contribution in [-0.2, 0) is 51.2 Å². The van der Waals surface area contributed by atoms with E-state index in [0.29, 0.717) is 30.4 Å². The highest BCUT2D eigenvalue weighted by Crippen LogP contribution is 2.21. The topological polar surface area (TPSA) is 302 Å². The average molecular weight is 851 g/mol. The molecule has 1 aromatic heterocycles. The Morgan fingerprint density at radius 2 is 1.44 bits per heavy atom. The number of phenols is 1. The van der Waals surface area contributed by atoms with Gasteiger partial charge in [-0.3, -0.25) is 33.6 Å². The third-order valence-electron chi connectivity index (χ3n) is 9.92. The Hall–Kier alpha value is -6.50. The summed E-state index contributed by atoms with van der Waals surface area (Å²) < 4.78 is 0. The standard InChI is InChI=1S/C42H58N8O11/c1-6-7-12-34(40(58)49-33(42(60)61)20-36(53)54)50(5)41(59)32(19-26-21-44-30-11-9-8-10-28(26)30)47-35(52)22-45-39(57)31(18-25-13-15-27(51)16-14-25)48-37(55)24(4)46-38(56)29(43)17-23(2)3/h8-11,13-16,21,23-24,29,31-34,44,51H,6-7,12,17-20,22,43H2,1-5H3,(H,45,57)(H,46,56)(H,47,52)(H,48,55)(H,49,58)(H,53,54)(H,60,61)/t24-,29-,31-,32-,33-,34-/m0/s1. The highest BCUT2D eigenvalue weighted by Gasteiger charge is 2.35. The lowest BCUT2D eigenvalue weighted by Crippen LogP contribution is -2.58. The van der Waals surface area contributed by atoms with Gasteiger partial charge in [-0.15, -0.1) is 0 Å². The normalized spacial score (nSPS) is 14.1. The fraction of sp³-hybridized carbons (Fsp3) is 0.476. The number of carbonyl (C=O) groups is 8. The monoisotopic (exact) mass is 850 g/mol. The first kappa shape index (κ1) is 48.9. The molecular formula is C42H58N8O11. The minimum atomic E-state index is -1.76. The summed E-state index contributed by atoms with van der Waals surface area (Å²) in [7, 11) is 1.32. The second-order valence-corrected chi connectivity index (χ2v) is 15.4. The van der Waals surface area contributed by atoms with Crippen molar-refractivity contribution in [1.82, 2.24) is 36.5 Å². The lowest BCUT2D eigenvalue weighted by atomic mass is 10.0. The van der Waals surface area contributed by atoms with Gasteiger partial charge in [0.2, 0.25) is 35.4 Å². The summed E-state index contributed by atoms with van der Waals surface area (Å²) in [6.07, 6.45) is 2.15. The second-order valence-electron chi connectivity index (χ2n) is 15.4. The quantitative estimate of drug-likeness (QED) is 0.0596. The van der Waals surface area contributed by atoms with Gasteiger partial charge in [0.05, 0.1) is 19.0 Å². The number of aromatic nitrogens is 1. The number of amides is 6. The molecule has 0 unspecified atom stereocenters. The van der Waals surface area contributed by atoms with E-state index >= 15 is 0 Å². The Balaban J connectivity index is 1.85. The van der Waals surface area contributed by atoms with Gasteiger partial charge in [-0.1, -0.05) is 63.9 Å². The van der Waals surface area contributed by atoms with E-state index in [-0.39, 0.29) is 30.9 Å². The molecule has 3 rings (SSSR count). The van der Waals surface area contributed by atoms with Gasteiger partial charge in [-0.05, 0) is 55.0 Å². The molecule has 0 aliphatic heterocycles. The number of hydrogen-bond donors (Lipinski definition) is 10. The van der Waals surface area contributed by atoms with Crippen molar-refractivity contribution in [2.75, 3.05) is 13.6 Å². The maximum atomic E-state index is 14.3. The van der Waals surface area contributed by atoms with Gasteiger partial charge in [0.25, 0.3) is 0 Å². The zero-order chi connectivity index (χ0) is 45.4. The Morgan fingerprint density at radius 3 is 2.07 bits per heavy atom. The zero-order valence-electron chi connectivity index (χ0n) is 35.0. The van der Waals surface area contributed by atoms with Gasteiger partial charge in [0.1, 0.15) is 36.0 Å². The van der Waals surface area contributed by atoms with Crippen LogP contribution in [0.25, 0.3) is 10.9 Å². The number of phenolic OH excluding ortho intramolecular Hbond substituents is 1. The van der Waals surface area contributed by atoms with Gasteiger partial charge in [0.15, 0.2) is 0 Å². The lowest BCUT2D eigenvalue weighted by Gasteiger charge is -2.31. The van der Waals surface area contributed by atoms with E-state index < -0.39 is 96.6 Å². The van der Waals surface area contributed by atoms with Crippen molar-refractivity contribution in [3.63, 3.8) is 0 Å². The molecule has 61 heavy (non-hydrogen) atoms. The van der Waals surface area contributed by atoms with E-state index in [9.17, 15) is 53.7 Å². The van der Waals surface area contributed by atoms with Crippen LogP contribution in [0.3, 0.4) is 0 Å². The number of benzene rings is 2. The Morgan fingerprint density at radius 1 is 0.787 bits per heavy atom. The number of likely N-dealkylation sites (N-methyl/N-ethyl adjacent to an activating group) is 1. The van der Waals surface area contributed by atoms with Gasteiger partial charge in [0, 0.05) is 37.0 Å². The van der Waals surface area contributed by atoms with Crippen molar-refractivity contribution >= 4 is 58.3 Å². The number of unbranched alkanes of at least 4 members (excludes halogenated alkanes) is 1. The number of carbonyl (C=O) groups excluding carboxylic acids is 6. The van der Waals surface area contributed by atoms with Crippen LogP contribution in [0.1, 0.15) is 70.9 Å². The van der Waals surface area contributed by atoms with Crippen LogP contribution in [0.15, 0.2) is 54.7 Å². The minimum Gasteiger partial charge on any atom is -0.508 e. The number of aliphatic carboxylic acids is 2. The van der Waals surface area contributed by atoms with Crippen LogP contribution in [-0.4, -0.2) is 122 Å². The predicted molar refractivity (Wildman–Crippen MR) is 224 cm³/mol. The number of nitrogens with zero attached hydrogens (tertiary/aromatic N) is 1. The molecule has 3 aromatic rings. The molecule has 6 atom stereocenters. The van der Waals surface area contributed by atoms with Gasteiger partial charge in [-0.25, -0.2) is 4.79 Å². The summed E-state index contributed by atoms with van der Waals surface area (Å²) in [6, 6.07) is 5.59. The molecule has 11 N–H and O–H groups in total. The van der Waals surface area contributed by atoms with Crippen molar-refractivity contribution in [1.29, 1.82) is 0 Å². The van der Waals surface area contributed by atoms with Crippen LogP contribution >= 0.6 is 0 Å². The molecule has 6 amide bonds. The fourth-order valence-corrected chi connectivity index (χ4v) is 6.57. The van der Waals surface area contributed by atoms with Crippen molar-refractivity contribution < 1.29 is 53.7 Å². The summed E-state index contributed by atoms with van der Waals surface area (Å²) in [4.78, 5) is 108. The molecule has 19 nitrogen and oxygen atoms in total. The fourth-order valence-electron chi connectivity index (χ4n) is 6.57. The molecule has 1 heterocycles. The maximum Gasteiger partial charge on any atom is 0.326 e. The average Bonchev–Trinajstić information content (AvgIpc) is 3.61. The third-order valence-corrected chi connectivity index (χ3v) is 9.92. The van der Waals surface area contributed by atoms with E-state index in [0.717, 1.165) is 15.8 Å².